The maximum Gasteiger partial charge on any atom is 0.350 e. The number of carbonyl (C=O) groups excluding carboxylic acids is 1. The maximum atomic E-state index is 15.4. The minimum atomic E-state index is -0.771. The van der Waals surface area contributed by atoms with Crippen LogP contribution in [0.4, 0.5) is 10.1 Å². The van der Waals surface area contributed by atoms with Crippen LogP contribution in [0.2, 0.25) is 0 Å². The molecule has 35 heavy (non-hydrogen) atoms. The Kier molecular flexibility index (Phi) is 6.33. The van der Waals surface area contributed by atoms with Gasteiger partial charge in [0.25, 0.3) is 5.91 Å². The second kappa shape index (κ2) is 9.10. The Labute approximate surface area is 202 Å². The van der Waals surface area contributed by atoms with E-state index in [2.05, 4.69) is 16.7 Å². The Morgan fingerprint density at radius 2 is 2.03 bits per heavy atom. The fraction of sp³-hybridized carbons (Fsp3) is 0.360. The molecule has 0 aliphatic carbocycles. The second-order valence-corrected chi connectivity index (χ2v) is 8.64. The van der Waals surface area contributed by atoms with Gasteiger partial charge in [-0.15, -0.1) is 5.10 Å². The molecule has 0 unspecified atom stereocenters. The third-order valence-electron chi connectivity index (χ3n) is 6.44. The van der Waals surface area contributed by atoms with Gasteiger partial charge < -0.3 is 14.7 Å². The highest BCUT2D eigenvalue weighted by molar-refractivity contribution is 6.09. The average Bonchev–Trinajstić information content (AvgIpc) is 3.15. The fourth-order valence-electron chi connectivity index (χ4n) is 4.70. The first-order valence-corrected chi connectivity index (χ1v) is 11.2. The van der Waals surface area contributed by atoms with E-state index in [-0.39, 0.29) is 42.0 Å². The first kappa shape index (κ1) is 24.3. The molecule has 10 heteroatoms. The number of aliphatic hydroxyl groups is 1. The van der Waals surface area contributed by atoms with E-state index < -0.39 is 18.1 Å². The van der Waals surface area contributed by atoms with Gasteiger partial charge in [-0.05, 0) is 51.0 Å². The number of aliphatic hydroxyl groups excluding tert-OH is 1. The summed E-state index contributed by atoms with van der Waals surface area (Å²) < 4.78 is 23.0. The number of carbonyl (C=O) groups is 1. The Morgan fingerprint density at radius 3 is 2.60 bits per heavy atom. The standard InChI is InChI=1S/C25H28FN5O4/c1-7-29-21(12-32)28-31(25(29)34)20-9-16-17(8-19(20)26)24(33)30(11-18(16)13(2)3)22-14(4)10-27-23(35-6)15(22)5/h8-10,18,32H,2,7,11-12H2,1,3-6H3/t18-/m1/s1. The predicted octanol–water partition coefficient (Wildman–Crippen LogP) is 3.03. The van der Waals surface area contributed by atoms with Gasteiger partial charge in [-0.2, -0.15) is 4.68 Å². The number of anilines is 1. The molecule has 0 fully saturated rings. The number of halogens is 1. The normalized spacial score (nSPS) is 15.3. The number of benzene rings is 1. The van der Waals surface area contributed by atoms with Gasteiger partial charge >= 0.3 is 5.69 Å². The maximum absolute atomic E-state index is 15.4. The Hall–Kier alpha value is -3.79. The monoisotopic (exact) mass is 481 g/mol. The van der Waals surface area contributed by atoms with Crippen molar-refractivity contribution in [2.45, 2.75) is 46.8 Å². The van der Waals surface area contributed by atoms with Crippen LogP contribution in [0.1, 0.15) is 52.6 Å². The van der Waals surface area contributed by atoms with Crippen LogP contribution in [0, 0.1) is 19.7 Å². The zero-order valence-electron chi connectivity index (χ0n) is 20.4. The van der Waals surface area contributed by atoms with Gasteiger partial charge in [-0.1, -0.05) is 12.2 Å². The predicted molar refractivity (Wildman–Crippen MR) is 129 cm³/mol. The van der Waals surface area contributed by atoms with E-state index in [4.69, 9.17) is 4.74 Å². The van der Waals surface area contributed by atoms with Crippen molar-refractivity contribution in [2.24, 2.45) is 0 Å². The van der Waals surface area contributed by atoms with Crippen LogP contribution in [0.25, 0.3) is 5.69 Å². The van der Waals surface area contributed by atoms with Gasteiger partial charge in [0.05, 0.1) is 12.8 Å². The number of ether oxygens (including phenoxy) is 1. The van der Waals surface area contributed by atoms with Crippen molar-refractivity contribution in [1.82, 2.24) is 19.3 Å². The smallest absolute Gasteiger partial charge is 0.350 e. The second-order valence-electron chi connectivity index (χ2n) is 8.64. The highest BCUT2D eigenvalue weighted by atomic mass is 19.1. The molecule has 1 aliphatic rings. The lowest BCUT2D eigenvalue weighted by Crippen LogP contribution is -2.41. The van der Waals surface area contributed by atoms with Crippen LogP contribution in [0.3, 0.4) is 0 Å². The quantitative estimate of drug-likeness (QED) is 0.543. The highest BCUT2D eigenvalue weighted by Gasteiger charge is 2.36. The van der Waals surface area contributed by atoms with Crippen LogP contribution in [0.5, 0.6) is 5.88 Å². The molecule has 1 aliphatic heterocycles. The van der Waals surface area contributed by atoms with Gasteiger partial charge in [0.15, 0.2) is 5.82 Å². The number of nitrogens with zero attached hydrogens (tertiary/aromatic N) is 5. The number of rotatable bonds is 6. The molecule has 184 valence electrons. The third kappa shape index (κ3) is 3.83. The summed E-state index contributed by atoms with van der Waals surface area (Å²) in [6.07, 6.45) is 1.64. The molecule has 1 N–H and O–H groups in total. The van der Waals surface area contributed by atoms with Crippen molar-refractivity contribution in [3.63, 3.8) is 0 Å². The Balaban J connectivity index is 1.91. The van der Waals surface area contributed by atoms with E-state index in [1.165, 1.54) is 17.7 Å². The van der Waals surface area contributed by atoms with Crippen molar-refractivity contribution >= 4 is 11.6 Å². The SMILES string of the molecule is C=C(C)[C@H]1CN(c2c(C)cnc(OC)c2C)C(=O)c2cc(F)c(-n3nc(CO)n(CC)c3=O)cc21. The third-order valence-corrected chi connectivity index (χ3v) is 6.44. The number of hydrogen-bond donors (Lipinski definition) is 1. The molecular weight excluding hydrogens is 453 g/mol. The molecule has 0 radical (unpaired) electrons. The molecular formula is C25H28FN5O4. The summed E-state index contributed by atoms with van der Waals surface area (Å²) in [4.78, 5) is 32.4. The van der Waals surface area contributed by atoms with Crippen LogP contribution in [-0.4, -0.2) is 44.0 Å². The lowest BCUT2D eigenvalue weighted by atomic mass is 9.84. The van der Waals surface area contributed by atoms with Gasteiger partial charge in [0, 0.05) is 36.3 Å². The minimum Gasteiger partial charge on any atom is -0.481 e. The van der Waals surface area contributed by atoms with Crippen molar-refractivity contribution in [3.8, 4) is 11.6 Å². The molecule has 0 spiro atoms. The molecule has 1 atom stereocenters. The van der Waals surface area contributed by atoms with E-state index in [1.807, 2.05) is 20.8 Å². The van der Waals surface area contributed by atoms with E-state index in [1.54, 1.807) is 18.0 Å². The summed E-state index contributed by atoms with van der Waals surface area (Å²) in [6, 6.07) is 2.63. The summed E-state index contributed by atoms with van der Waals surface area (Å²) >= 11 is 0. The summed E-state index contributed by atoms with van der Waals surface area (Å²) in [5.74, 6) is -0.923. The van der Waals surface area contributed by atoms with E-state index >= 15 is 4.39 Å². The van der Waals surface area contributed by atoms with Gasteiger partial charge in [-0.3, -0.25) is 9.36 Å². The molecule has 3 heterocycles. The first-order chi connectivity index (χ1) is 16.6. The first-order valence-electron chi connectivity index (χ1n) is 11.2. The van der Waals surface area contributed by atoms with Crippen LogP contribution >= 0.6 is 0 Å². The molecule has 2 aromatic heterocycles. The van der Waals surface area contributed by atoms with Crippen LogP contribution in [-0.2, 0) is 13.2 Å². The molecule has 9 nitrogen and oxygen atoms in total. The molecule has 3 aromatic rings. The van der Waals surface area contributed by atoms with E-state index in [0.29, 0.717) is 22.7 Å². The Bertz CT molecular complexity index is 1410. The lowest BCUT2D eigenvalue weighted by Gasteiger charge is -2.36. The molecule has 1 aromatic carbocycles. The van der Waals surface area contributed by atoms with Gasteiger partial charge in [0.2, 0.25) is 5.88 Å². The largest absolute Gasteiger partial charge is 0.481 e. The molecule has 0 saturated heterocycles. The van der Waals surface area contributed by atoms with Crippen LogP contribution < -0.4 is 15.3 Å². The zero-order valence-corrected chi connectivity index (χ0v) is 20.4. The van der Waals surface area contributed by atoms with Crippen molar-refractivity contribution in [2.75, 3.05) is 18.6 Å². The average molecular weight is 482 g/mol. The number of fused-ring (bicyclic) bond motifs is 1. The number of hydrogen-bond acceptors (Lipinski definition) is 6. The summed E-state index contributed by atoms with van der Waals surface area (Å²) in [5.41, 5.74) is 3.03. The fourth-order valence-corrected chi connectivity index (χ4v) is 4.70. The van der Waals surface area contributed by atoms with Gasteiger partial charge in [-0.25, -0.2) is 14.2 Å². The number of amides is 1. The van der Waals surface area contributed by atoms with E-state index in [0.717, 1.165) is 21.9 Å². The number of aryl methyl sites for hydroxylation is 1. The molecule has 4 rings (SSSR count). The lowest BCUT2D eigenvalue weighted by molar-refractivity contribution is 0.0977. The summed E-state index contributed by atoms with van der Waals surface area (Å²) in [5, 5.41) is 13.7. The molecule has 1 amide bonds. The minimum absolute atomic E-state index is 0.0823. The van der Waals surface area contributed by atoms with Crippen LogP contribution in [0.15, 0.2) is 35.3 Å². The molecule has 0 saturated carbocycles. The van der Waals surface area contributed by atoms with E-state index in [9.17, 15) is 14.7 Å². The zero-order chi connectivity index (χ0) is 25.6. The number of pyridine rings is 1. The van der Waals surface area contributed by atoms with Crippen molar-refractivity contribution < 1.29 is 19.0 Å². The van der Waals surface area contributed by atoms with Crippen molar-refractivity contribution in [1.29, 1.82) is 0 Å². The highest BCUT2D eigenvalue weighted by Crippen LogP contribution is 2.40. The molecule has 0 bridgehead atoms. The topological polar surface area (TPSA) is 102 Å². The van der Waals surface area contributed by atoms with Crippen molar-refractivity contribution in [3.05, 3.63) is 74.9 Å². The number of methoxy groups -OCH3 is 1. The van der Waals surface area contributed by atoms with Gasteiger partial charge in [0.1, 0.15) is 18.1 Å². The summed E-state index contributed by atoms with van der Waals surface area (Å²) in [6.45, 7) is 11.5. The Morgan fingerprint density at radius 1 is 1.31 bits per heavy atom. The summed E-state index contributed by atoms with van der Waals surface area (Å²) in [7, 11) is 1.51. The number of aromatic nitrogens is 4.